The molecule has 0 saturated carbocycles. The van der Waals surface area contributed by atoms with Gasteiger partial charge in [0.25, 0.3) is 5.56 Å². The van der Waals surface area contributed by atoms with Crippen LogP contribution in [0.5, 0.6) is 11.5 Å². The number of hydrogen-bond donors (Lipinski definition) is 2. The number of likely N-dealkylation sites (N-methyl/N-ethyl adjacent to an activating group) is 1. The predicted octanol–water partition coefficient (Wildman–Crippen LogP) is 4.45. The molecule has 2 aromatic carbocycles. The number of benzene rings is 2. The highest BCUT2D eigenvalue weighted by Gasteiger charge is 2.18. The molecule has 7 nitrogen and oxygen atoms in total. The van der Waals surface area contributed by atoms with E-state index >= 15 is 0 Å². The van der Waals surface area contributed by atoms with Crippen molar-refractivity contribution in [1.82, 2.24) is 14.8 Å². The lowest BCUT2D eigenvalue weighted by molar-refractivity contribution is 0.174. The maximum atomic E-state index is 12.9. The lowest BCUT2D eigenvalue weighted by atomic mass is 10.1. The Hall–Kier alpha value is -2.81. The average Bonchev–Trinajstić information content (AvgIpc) is 3.25. The van der Waals surface area contributed by atoms with Gasteiger partial charge in [-0.2, -0.15) is 0 Å². The van der Waals surface area contributed by atoms with E-state index in [0.717, 1.165) is 30.7 Å². The molecule has 0 atom stereocenters. The van der Waals surface area contributed by atoms with Gasteiger partial charge in [0.15, 0.2) is 16.6 Å². The van der Waals surface area contributed by atoms with Crippen LogP contribution in [0.1, 0.15) is 19.4 Å². The lowest BCUT2D eigenvalue weighted by Gasteiger charge is -2.29. The van der Waals surface area contributed by atoms with Crippen LogP contribution < -0.4 is 20.3 Å². The van der Waals surface area contributed by atoms with Crippen LogP contribution in [0.4, 0.5) is 5.69 Å². The number of pyridine rings is 1. The number of nitrogens with one attached hydrogen (secondary N) is 2. The molecule has 9 heteroatoms. The first-order chi connectivity index (χ1) is 16.0. The van der Waals surface area contributed by atoms with Gasteiger partial charge in [-0.05, 0) is 55.6 Å². The van der Waals surface area contributed by atoms with E-state index in [9.17, 15) is 4.79 Å². The number of fused-ring (bicyclic) bond motifs is 2. The van der Waals surface area contributed by atoms with Gasteiger partial charge in [0.1, 0.15) is 0 Å². The highest BCUT2D eigenvalue weighted by molar-refractivity contribution is 7.80. The number of hydrogen-bond acceptors (Lipinski definition) is 5. The van der Waals surface area contributed by atoms with Crippen molar-refractivity contribution < 1.29 is 9.47 Å². The van der Waals surface area contributed by atoms with Crippen LogP contribution >= 0.6 is 23.8 Å². The van der Waals surface area contributed by atoms with E-state index in [2.05, 4.69) is 29.0 Å². The van der Waals surface area contributed by atoms with Crippen LogP contribution in [0.25, 0.3) is 10.9 Å². The molecule has 2 N–H and O–H groups in total. The van der Waals surface area contributed by atoms with Gasteiger partial charge in [-0.1, -0.05) is 31.5 Å². The van der Waals surface area contributed by atoms with E-state index in [1.807, 2.05) is 41.3 Å². The van der Waals surface area contributed by atoms with Gasteiger partial charge in [0, 0.05) is 40.8 Å². The fourth-order valence-electron chi connectivity index (χ4n) is 3.79. The largest absolute Gasteiger partial charge is 0.454 e. The maximum absolute atomic E-state index is 12.9. The predicted molar refractivity (Wildman–Crippen MR) is 137 cm³/mol. The van der Waals surface area contributed by atoms with Gasteiger partial charge in [0.2, 0.25) is 6.79 Å². The molecule has 0 unspecified atom stereocenters. The molecule has 0 amide bonds. The molecule has 174 valence electrons. The number of thiocarbonyl (C=S) groups is 1. The van der Waals surface area contributed by atoms with Crippen molar-refractivity contribution in [3.8, 4) is 11.5 Å². The zero-order valence-electron chi connectivity index (χ0n) is 18.7. The van der Waals surface area contributed by atoms with E-state index in [1.54, 1.807) is 6.07 Å². The monoisotopic (exact) mass is 486 g/mol. The van der Waals surface area contributed by atoms with Crippen molar-refractivity contribution in [2.75, 3.05) is 38.3 Å². The van der Waals surface area contributed by atoms with E-state index < -0.39 is 0 Å². The number of halogens is 1. The number of ether oxygens (including phenoxy) is 2. The van der Waals surface area contributed by atoms with Gasteiger partial charge in [0.05, 0.1) is 12.1 Å². The molecular formula is C24H27ClN4O3S. The minimum atomic E-state index is -0.153. The van der Waals surface area contributed by atoms with Crippen molar-refractivity contribution >= 4 is 45.5 Å². The number of H-pyrrole nitrogens is 1. The Balaban J connectivity index is 1.60. The number of aromatic amines is 1. The van der Waals surface area contributed by atoms with Crippen LogP contribution in [0, 0.1) is 0 Å². The van der Waals surface area contributed by atoms with Crippen molar-refractivity contribution in [2.45, 2.75) is 20.4 Å². The molecule has 0 bridgehead atoms. The van der Waals surface area contributed by atoms with Crippen molar-refractivity contribution in [3.63, 3.8) is 0 Å². The second-order valence-electron chi connectivity index (χ2n) is 7.81. The van der Waals surface area contributed by atoms with Gasteiger partial charge in [-0.3, -0.25) is 4.79 Å². The van der Waals surface area contributed by atoms with Crippen LogP contribution in [-0.4, -0.2) is 52.9 Å². The third-order valence-corrected chi connectivity index (χ3v) is 6.31. The zero-order chi connectivity index (χ0) is 23.4. The summed E-state index contributed by atoms with van der Waals surface area (Å²) in [4.78, 5) is 20.2. The van der Waals surface area contributed by atoms with Gasteiger partial charge < -0.3 is 29.6 Å². The number of aromatic nitrogens is 1. The Bertz CT molecular complexity index is 1210. The van der Waals surface area contributed by atoms with Crippen LogP contribution in [0.2, 0.25) is 5.02 Å². The molecule has 0 spiro atoms. The molecule has 0 radical (unpaired) electrons. The fraction of sp³-hybridized carbons (Fsp3) is 0.333. The number of anilines is 1. The Morgan fingerprint density at radius 2 is 1.88 bits per heavy atom. The standard InChI is InChI=1S/C24H27ClN4O3S/c1-3-28(4-2)8-9-29(24(33)26-19-7-5-6-18(25)12-19)14-17-10-16-11-21-22(32-15-31-21)13-20(16)27-23(17)30/h5-7,10-13H,3-4,8-9,14-15H2,1-2H3,(H,26,33)(H,27,30). The molecule has 3 aromatic rings. The van der Waals surface area contributed by atoms with Crippen LogP contribution in [0.3, 0.4) is 0 Å². The first kappa shape index (κ1) is 23.4. The Morgan fingerprint density at radius 3 is 2.61 bits per heavy atom. The fourth-order valence-corrected chi connectivity index (χ4v) is 4.25. The van der Waals surface area contributed by atoms with Crippen LogP contribution in [0.15, 0.2) is 47.3 Å². The van der Waals surface area contributed by atoms with E-state index in [4.69, 9.17) is 33.3 Å². The maximum Gasteiger partial charge on any atom is 0.253 e. The summed E-state index contributed by atoms with van der Waals surface area (Å²) in [6.07, 6.45) is 0. The van der Waals surface area contributed by atoms with Crippen molar-refractivity contribution in [1.29, 1.82) is 0 Å². The van der Waals surface area contributed by atoms with Crippen molar-refractivity contribution in [3.05, 3.63) is 63.4 Å². The summed E-state index contributed by atoms with van der Waals surface area (Å²) in [6, 6.07) is 13.0. The summed E-state index contributed by atoms with van der Waals surface area (Å²) in [6.45, 7) is 8.22. The molecule has 33 heavy (non-hydrogen) atoms. The van der Waals surface area contributed by atoms with E-state index in [1.165, 1.54) is 0 Å². The summed E-state index contributed by atoms with van der Waals surface area (Å²) in [5, 5.41) is 5.30. The summed E-state index contributed by atoms with van der Waals surface area (Å²) in [5.41, 5.74) is 1.98. The van der Waals surface area contributed by atoms with E-state index in [0.29, 0.717) is 45.8 Å². The molecule has 2 heterocycles. The number of rotatable bonds is 8. The second kappa shape index (κ2) is 10.4. The highest BCUT2D eigenvalue weighted by Crippen LogP contribution is 2.35. The molecular weight excluding hydrogens is 460 g/mol. The SMILES string of the molecule is CCN(CC)CCN(Cc1cc2cc3c(cc2[nH]c1=O)OCO3)C(=S)Nc1cccc(Cl)c1. The van der Waals surface area contributed by atoms with Crippen molar-refractivity contribution in [2.24, 2.45) is 0 Å². The molecule has 1 aliphatic rings. The minimum absolute atomic E-state index is 0.153. The second-order valence-corrected chi connectivity index (χ2v) is 8.63. The van der Waals surface area contributed by atoms with Crippen LogP contribution in [-0.2, 0) is 6.54 Å². The first-order valence-corrected chi connectivity index (χ1v) is 11.7. The minimum Gasteiger partial charge on any atom is -0.454 e. The first-order valence-electron chi connectivity index (χ1n) is 11.0. The Labute approximate surface area is 203 Å². The topological polar surface area (TPSA) is 69.8 Å². The van der Waals surface area contributed by atoms with E-state index in [-0.39, 0.29) is 12.4 Å². The van der Waals surface area contributed by atoms with Gasteiger partial charge in [-0.25, -0.2) is 0 Å². The third kappa shape index (κ3) is 5.58. The molecule has 1 aromatic heterocycles. The molecule has 0 fully saturated rings. The third-order valence-electron chi connectivity index (χ3n) is 5.72. The van der Waals surface area contributed by atoms with Gasteiger partial charge in [-0.15, -0.1) is 0 Å². The quantitative estimate of drug-likeness (QED) is 0.456. The number of nitrogens with zero attached hydrogens (tertiary/aromatic N) is 2. The van der Waals surface area contributed by atoms with Gasteiger partial charge >= 0.3 is 0 Å². The summed E-state index contributed by atoms with van der Waals surface area (Å²) < 4.78 is 10.9. The summed E-state index contributed by atoms with van der Waals surface area (Å²) in [7, 11) is 0. The Kier molecular flexibility index (Phi) is 7.37. The summed E-state index contributed by atoms with van der Waals surface area (Å²) >= 11 is 11.9. The highest BCUT2D eigenvalue weighted by atomic mass is 35.5. The smallest absolute Gasteiger partial charge is 0.253 e. The normalized spacial score (nSPS) is 12.4. The molecule has 4 rings (SSSR count). The summed E-state index contributed by atoms with van der Waals surface area (Å²) in [5.74, 6) is 1.32. The molecule has 0 saturated heterocycles. The average molecular weight is 487 g/mol. The molecule has 0 aliphatic carbocycles. The lowest BCUT2D eigenvalue weighted by Crippen LogP contribution is -2.41. The zero-order valence-corrected chi connectivity index (χ0v) is 20.3. The molecule has 1 aliphatic heterocycles. The Morgan fingerprint density at radius 1 is 1.12 bits per heavy atom.